The highest BCUT2D eigenvalue weighted by Crippen LogP contribution is 2.26. The number of aliphatic carboxylic acids is 1. The number of carbonyl (C=O) groups is 1. The summed E-state index contributed by atoms with van der Waals surface area (Å²) in [4.78, 5) is 11.0. The van der Waals surface area contributed by atoms with Crippen LogP contribution in [0.25, 0.3) is 0 Å². The topological polar surface area (TPSA) is 65.0 Å². The maximum Gasteiger partial charge on any atom is 0.305 e. The van der Waals surface area contributed by atoms with Crippen LogP contribution in [-0.4, -0.2) is 35.7 Å². The fourth-order valence-electron chi connectivity index (χ4n) is 2.37. The van der Waals surface area contributed by atoms with Crippen LogP contribution in [0, 0.1) is 0 Å². The van der Waals surface area contributed by atoms with Crippen LogP contribution in [-0.2, 0) is 25.6 Å². The van der Waals surface area contributed by atoms with E-state index in [1.54, 1.807) is 0 Å². The summed E-state index contributed by atoms with van der Waals surface area (Å²) in [6.07, 6.45) is -0.0271. The molecule has 1 fully saturated rings. The highest BCUT2D eigenvalue weighted by atomic mass is 16.7. The summed E-state index contributed by atoms with van der Waals surface area (Å²) < 4.78 is 17.0. The molecule has 0 aromatic heterocycles. The van der Waals surface area contributed by atoms with Gasteiger partial charge in [-0.25, -0.2) is 0 Å². The Morgan fingerprint density at radius 1 is 1.43 bits per heavy atom. The second kappa shape index (κ2) is 7.02. The van der Waals surface area contributed by atoms with E-state index in [1.165, 1.54) is 0 Å². The highest BCUT2D eigenvalue weighted by molar-refractivity contribution is 5.67. The number of benzene rings is 1. The summed E-state index contributed by atoms with van der Waals surface area (Å²) in [5.41, 5.74) is 1.02. The minimum atomic E-state index is -0.869. The lowest BCUT2D eigenvalue weighted by atomic mass is 10.1. The van der Waals surface area contributed by atoms with E-state index in [0.717, 1.165) is 5.56 Å². The van der Waals surface area contributed by atoms with Crippen molar-refractivity contribution in [2.45, 2.75) is 51.3 Å². The van der Waals surface area contributed by atoms with Crippen molar-refractivity contribution >= 4 is 5.97 Å². The molecule has 1 aliphatic heterocycles. The molecule has 0 radical (unpaired) electrons. The lowest BCUT2D eigenvalue weighted by Gasteiger charge is -2.21. The summed E-state index contributed by atoms with van der Waals surface area (Å²) in [7, 11) is 0. The van der Waals surface area contributed by atoms with Gasteiger partial charge in [0.1, 0.15) is 0 Å². The first-order valence-electron chi connectivity index (χ1n) is 7.14. The minimum absolute atomic E-state index is 0.0346. The predicted molar refractivity (Wildman–Crippen MR) is 76.8 cm³/mol. The van der Waals surface area contributed by atoms with Crippen LogP contribution >= 0.6 is 0 Å². The molecule has 0 saturated carbocycles. The molecule has 2 atom stereocenters. The molecule has 1 N–H and O–H groups in total. The minimum Gasteiger partial charge on any atom is -0.481 e. The molecular weight excluding hydrogens is 272 g/mol. The second-order valence-electron chi connectivity index (χ2n) is 5.70. The summed E-state index contributed by atoms with van der Waals surface area (Å²) in [6, 6.07) is 9.71. The van der Waals surface area contributed by atoms with Crippen molar-refractivity contribution in [3.05, 3.63) is 35.9 Å². The van der Waals surface area contributed by atoms with E-state index in [2.05, 4.69) is 0 Å². The molecule has 2 rings (SSSR count). The fourth-order valence-corrected chi connectivity index (χ4v) is 2.37. The van der Waals surface area contributed by atoms with Gasteiger partial charge in [0.2, 0.25) is 0 Å². The maximum atomic E-state index is 11.0. The number of hydrogen-bond donors (Lipinski definition) is 1. The quantitative estimate of drug-likeness (QED) is 0.837. The molecule has 0 bridgehead atoms. The van der Waals surface area contributed by atoms with Crippen molar-refractivity contribution in [2.24, 2.45) is 0 Å². The van der Waals surface area contributed by atoms with Gasteiger partial charge in [-0.3, -0.25) is 4.79 Å². The summed E-state index contributed by atoms with van der Waals surface area (Å²) in [6.45, 7) is 4.57. The number of ether oxygens (including phenoxy) is 3. The zero-order valence-corrected chi connectivity index (χ0v) is 12.5. The predicted octanol–water partition coefficient (Wildman–Crippen LogP) is 2.59. The number of rotatable bonds is 7. The van der Waals surface area contributed by atoms with Crippen LogP contribution in [0.4, 0.5) is 0 Å². The second-order valence-corrected chi connectivity index (χ2v) is 5.70. The molecule has 0 unspecified atom stereocenters. The Morgan fingerprint density at radius 2 is 2.14 bits per heavy atom. The number of carboxylic acid groups (broad SMARTS) is 1. The number of hydrogen-bond acceptors (Lipinski definition) is 4. The van der Waals surface area contributed by atoms with Crippen LogP contribution in [0.2, 0.25) is 0 Å². The van der Waals surface area contributed by atoms with Crippen molar-refractivity contribution < 1.29 is 24.1 Å². The van der Waals surface area contributed by atoms with Crippen LogP contribution < -0.4 is 0 Å². The van der Waals surface area contributed by atoms with Gasteiger partial charge in [0.05, 0.1) is 31.8 Å². The average molecular weight is 294 g/mol. The van der Waals surface area contributed by atoms with E-state index in [9.17, 15) is 4.79 Å². The smallest absolute Gasteiger partial charge is 0.305 e. The molecule has 1 aliphatic rings. The Hall–Kier alpha value is -1.43. The first-order valence-corrected chi connectivity index (χ1v) is 7.14. The van der Waals surface area contributed by atoms with Gasteiger partial charge >= 0.3 is 5.97 Å². The molecule has 0 spiro atoms. The summed E-state index contributed by atoms with van der Waals surface area (Å²) in [5.74, 6) is -1.47. The summed E-state index contributed by atoms with van der Waals surface area (Å²) >= 11 is 0. The van der Waals surface area contributed by atoms with Crippen LogP contribution in [0.3, 0.4) is 0 Å². The SMILES string of the molecule is CC1(C)OC[C@H](C[C@H](CC(=O)O)OCc2ccccc2)O1. The van der Waals surface area contributed by atoms with Crippen molar-refractivity contribution in [1.82, 2.24) is 0 Å². The van der Waals surface area contributed by atoms with E-state index >= 15 is 0 Å². The third-order valence-electron chi connectivity index (χ3n) is 3.32. The lowest BCUT2D eigenvalue weighted by molar-refractivity contribution is -0.147. The first-order chi connectivity index (χ1) is 9.94. The molecular formula is C16H22O5. The standard InChI is InChI=1S/C16H22O5/c1-16(2)20-11-14(21-16)8-13(9-15(17)18)19-10-12-6-4-3-5-7-12/h3-7,13-14H,8-11H2,1-2H3,(H,17,18)/t13-,14+/m1/s1. The van der Waals surface area contributed by atoms with E-state index < -0.39 is 11.8 Å². The van der Waals surface area contributed by atoms with Gasteiger partial charge in [-0.15, -0.1) is 0 Å². The summed E-state index contributed by atoms with van der Waals surface area (Å²) in [5, 5.41) is 9.01. The molecule has 5 nitrogen and oxygen atoms in total. The Morgan fingerprint density at radius 3 is 2.71 bits per heavy atom. The molecule has 21 heavy (non-hydrogen) atoms. The molecule has 1 heterocycles. The molecule has 116 valence electrons. The van der Waals surface area contributed by atoms with Crippen LogP contribution in [0.1, 0.15) is 32.3 Å². The molecule has 1 aromatic carbocycles. The van der Waals surface area contributed by atoms with E-state index in [-0.39, 0.29) is 18.6 Å². The van der Waals surface area contributed by atoms with Gasteiger partial charge in [0, 0.05) is 6.42 Å². The van der Waals surface area contributed by atoms with E-state index in [0.29, 0.717) is 19.6 Å². The van der Waals surface area contributed by atoms with Gasteiger partial charge in [0.15, 0.2) is 5.79 Å². The molecule has 1 aromatic rings. The zero-order chi connectivity index (χ0) is 15.3. The van der Waals surface area contributed by atoms with E-state index in [4.69, 9.17) is 19.3 Å². The Labute approximate surface area is 124 Å². The molecule has 5 heteroatoms. The maximum absolute atomic E-state index is 11.0. The van der Waals surface area contributed by atoms with Crippen molar-refractivity contribution in [3.63, 3.8) is 0 Å². The average Bonchev–Trinajstić information content (AvgIpc) is 2.76. The number of carboxylic acids is 1. The first kappa shape index (κ1) is 15.9. The van der Waals surface area contributed by atoms with Crippen molar-refractivity contribution in [1.29, 1.82) is 0 Å². The normalized spacial score (nSPS) is 22.1. The monoisotopic (exact) mass is 294 g/mol. The molecule has 1 saturated heterocycles. The van der Waals surface area contributed by atoms with Gasteiger partial charge in [-0.05, 0) is 19.4 Å². The third-order valence-corrected chi connectivity index (χ3v) is 3.32. The van der Waals surface area contributed by atoms with Crippen LogP contribution in [0.5, 0.6) is 0 Å². The Kier molecular flexibility index (Phi) is 5.33. The van der Waals surface area contributed by atoms with Gasteiger partial charge < -0.3 is 19.3 Å². The molecule has 0 aliphatic carbocycles. The lowest BCUT2D eigenvalue weighted by Crippen LogP contribution is -2.27. The Balaban J connectivity index is 1.87. The van der Waals surface area contributed by atoms with Crippen molar-refractivity contribution in [2.75, 3.05) is 6.61 Å². The van der Waals surface area contributed by atoms with Gasteiger partial charge in [0.25, 0.3) is 0 Å². The highest BCUT2D eigenvalue weighted by Gasteiger charge is 2.34. The van der Waals surface area contributed by atoms with Gasteiger partial charge in [-0.2, -0.15) is 0 Å². The third kappa shape index (κ3) is 5.46. The molecule has 0 amide bonds. The Bertz CT molecular complexity index is 457. The largest absolute Gasteiger partial charge is 0.481 e. The van der Waals surface area contributed by atoms with Gasteiger partial charge in [-0.1, -0.05) is 30.3 Å². The van der Waals surface area contributed by atoms with E-state index in [1.807, 2.05) is 44.2 Å². The fraction of sp³-hybridized carbons (Fsp3) is 0.562. The van der Waals surface area contributed by atoms with Crippen LogP contribution in [0.15, 0.2) is 30.3 Å². The van der Waals surface area contributed by atoms with Crippen molar-refractivity contribution in [3.8, 4) is 0 Å². The zero-order valence-electron chi connectivity index (χ0n) is 12.5.